The van der Waals surface area contributed by atoms with Gasteiger partial charge in [-0.2, -0.15) is 0 Å². The van der Waals surface area contributed by atoms with E-state index in [1.165, 1.54) is 32.8 Å². The fourth-order valence-electron chi connectivity index (χ4n) is 1.63. The van der Waals surface area contributed by atoms with Crippen LogP contribution in [0.2, 0.25) is 0 Å². The molecule has 0 aliphatic rings. The van der Waals surface area contributed by atoms with E-state index in [9.17, 15) is 8.42 Å². The maximum absolute atomic E-state index is 12.3. The summed E-state index contributed by atoms with van der Waals surface area (Å²) in [7, 11) is -0.714. The summed E-state index contributed by atoms with van der Waals surface area (Å²) in [5, 5.41) is 0. The van der Waals surface area contributed by atoms with Crippen LogP contribution in [-0.4, -0.2) is 22.6 Å². The molecule has 0 aromatic heterocycles. The molecule has 0 amide bonds. The lowest BCUT2D eigenvalue weighted by Crippen LogP contribution is -2.14. The second-order valence-electron chi connectivity index (χ2n) is 5.40. The van der Waals surface area contributed by atoms with Crippen molar-refractivity contribution in [2.75, 3.05) is 18.9 Å². The molecule has 0 fully saturated rings. The molecule has 0 aliphatic carbocycles. The van der Waals surface area contributed by atoms with Gasteiger partial charge in [0.25, 0.3) is 10.0 Å². The summed E-state index contributed by atoms with van der Waals surface area (Å²) >= 11 is 0. The fourth-order valence-corrected chi connectivity index (χ4v) is 2.65. The highest BCUT2D eigenvalue weighted by molar-refractivity contribution is 7.96. The maximum atomic E-state index is 12.3. The lowest BCUT2D eigenvalue weighted by molar-refractivity contribution is 0.355. The first kappa shape index (κ1) is 22.8. The summed E-state index contributed by atoms with van der Waals surface area (Å²) in [6.45, 7) is 11.6. The van der Waals surface area contributed by atoms with Crippen molar-refractivity contribution in [1.82, 2.24) is 0 Å². The van der Waals surface area contributed by atoms with Gasteiger partial charge in [-0.3, -0.25) is 4.72 Å². The van der Waals surface area contributed by atoms with Gasteiger partial charge >= 0.3 is 0 Å². The van der Waals surface area contributed by atoms with Crippen LogP contribution in [0, 0.1) is 0 Å². The number of methoxy groups -OCH3 is 2. The molecule has 5 nitrogen and oxygen atoms in total. The van der Waals surface area contributed by atoms with Gasteiger partial charge in [-0.25, -0.2) is 8.42 Å². The topological polar surface area (TPSA) is 64.6 Å². The van der Waals surface area contributed by atoms with E-state index in [1.54, 1.807) is 24.3 Å². The summed E-state index contributed by atoms with van der Waals surface area (Å²) in [5.74, 6) is 0.964. The number of hydrogen-bond donors (Lipinski definition) is 1. The van der Waals surface area contributed by atoms with Gasteiger partial charge in [0.1, 0.15) is 0 Å². The van der Waals surface area contributed by atoms with E-state index in [0.29, 0.717) is 17.2 Å². The third kappa shape index (κ3) is 7.94. The molecule has 1 aromatic carbocycles. The minimum Gasteiger partial charge on any atom is -0.493 e. The molecule has 0 heterocycles. The summed E-state index contributed by atoms with van der Waals surface area (Å²) in [6, 6.07) is 4.78. The van der Waals surface area contributed by atoms with E-state index in [-0.39, 0.29) is 4.91 Å². The van der Waals surface area contributed by atoms with E-state index in [4.69, 9.17) is 9.47 Å². The Hall–Kier alpha value is -2.21. The van der Waals surface area contributed by atoms with Gasteiger partial charge in [0.15, 0.2) is 11.5 Å². The van der Waals surface area contributed by atoms with Crippen molar-refractivity contribution in [1.29, 1.82) is 0 Å². The molecule has 0 aliphatic heterocycles. The second kappa shape index (κ2) is 11.4. The van der Waals surface area contributed by atoms with Crippen molar-refractivity contribution in [3.05, 3.63) is 53.5 Å². The third-order valence-electron chi connectivity index (χ3n) is 2.73. The molecule has 1 aromatic rings. The Kier molecular flexibility index (Phi) is 10.4. The van der Waals surface area contributed by atoms with Crippen LogP contribution in [-0.2, 0) is 10.0 Å². The van der Waals surface area contributed by atoms with Crippen LogP contribution in [0.4, 0.5) is 5.69 Å². The van der Waals surface area contributed by atoms with Gasteiger partial charge in [0, 0.05) is 6.07 Å². The van der Waals surface area contributed by atoms with Crippen LogP contribution in [0.3, 0.4) is 0 Å². The zero-order valence-electron chi connectivity index (χ0n) is 15.9. The first-order valence-electron chi connectivity index (χ1n) is 7.98. The molecular formula is C19H29NO4S. The molecule has 0 saturated carbocycles. The zero-order valence-corrected chi connectivity index (χ0v) is 16.7. The number of ether oxygens (including phenoxy) is 2. The highest BCUT2D eigenvalue weighted by Gasteiger charge is 2.15. The number of benzene rings is 1. The smallest absolute Gasteiger partial charge is 0.261 e. The van der Waals surface area contributed by atoms with E-state index in [2.05, 4.69) is 25.1 Å². The average Bonchev–Trinajstić information content (AvgIpc) is 2.55. The van der Waals surface area contributed by atoms with Gasteiger partial charge < -0.3 is 9.47 Å². The summed E-state index contributed by atoms with van der Waals surface area (Å²) in [4.78, 5) is 0.0866. The predicted octanol–water partition coefficient (Wildman–Crippen LogP) is 4.90. The van der Waals surface area contributed by atoms with Crippen molar-refractivity contribution in [3.63, 3.8) is 0 Å². The van der Waals surface area contributed by atoms with E-state index >= 15 is 0 Å². The van der Waals surface area contributed by atoms with Crippen LogP contribution in [0.15, 0.2) is 53.5 Å². The fraction of sp³-hybridized carbons (Fsp3) is 0.368. The Labute approximate surface area is 152 Å². The largest absolute Gasteiger partial charge is 0.493 e. The second-order valence-corrected chi connectivity index (χ2v) is 7.08. The minimum absolute atomic E-state index is 0.0866. The maximum Gasteiger partial charge on any atom is 0.261 e. The SMILES string of the molecule is C=C/C(=C\C=C(C)C)S(=O)(=O)Nc1ccc(OC)c(OC)c1.CCC. The van der Waals surface area contributed by atoms with Gasteiger partial charge in [0.2, 0.25) is 0 Å². The number of sulfonamides is 1. The van der Waals surface area contributed by atoms with Crippen LogP contribution < -0.4 is 14.2 Å². The van der Waals surface area contributed by atoms with Crippen LogP contribution in [0.5, 0.6) is 11.5 Å². The van der Waals surface area contributed by atoms with Gasteiger partial charge in [0.05, 0.1) is 24.8 Å². The van der Waals surface area contributed by atoms with Crippen LogP contribution >= 0.6 is 0 Å². The molecule has 6 heteroatoms. The van der Waals surface area contributed by atoms with E-state index in [1.807, 2.05) is 13.8 Å². The summed E-state index contributed by atoms with van der Waals surface area (Å²) in [6.07, 6.45) is 5.76. The molecular weight excluding hydrogens is 338 g/mol. The molecule has 0 atom stereocenters. The van der Waals surface area contributed by atoms with E-state index in [0.717, 1.165) is 5.57 Å². The minimum atomic E-state index is -3.71. The lowest BCUT2D eigenvalue weighted by atomic mass is 10.3. The molecule has 0 bridgehead atoms. The standard InChI is InChI=1S/C16H21NO4S.C3H8/c1-6-14(9-7-12(2)3)22(18,19)17-13-8-10-15(20-4)16(11-13)21-5;1-3-2/h6-11,17H,1H2,2-5H3;3H2,1-2H3/b14-9+;. The third-order valence-corrected chi connectivity index (χ3v) is 4.16. The summed E-state index contributed by atoms with van der Waals surface area (Å²) in [5.41, 5.74) is 1.36. The number of anilines is 1. The first-order chi connectivity index (χ1) is 11.7. The average molecular weight is 368 g/mol. The monoisotopic (exact) mass is 367 g/mol. The molecule has 140 valence electrons. The highest BCUT2D eigenvalue weighted by atomic mass is 32.2. The van der Waals surface area contributed by atoms with Crippen molar-refractivity contribution < 1.29 is 17.9 Å². The quantitative estimate of drug-likeness (QED) is 0.696. The lowest BCUT2D eigenvalue weighted by Gasteiger charge is -2.12. The zero-order chi connectivity index (χ0) is 19.5. The highest BCUT2D eigenvalue weighted by Crippen LogP contribution is 2.30. The van der Waals surface area contributed by atoms with Gasteiger partial charge in [-0.15, -0.1) is 0 Å². The molecule has 25 heavy (non-hydrogen) atoms. The Morgan fingerprint density at radius 2 is 1.68 bits per heavy atom. The van der Waals surface area contributed by atoms with Gasteiger partial charge in [-0.1, -0.05) is 38.5 Å². The van der Waals surface area contributed by atoms with Crippen molar-refractivity contribution in [3.8, 4) is 11.5 Å². The number of allylic oxidation sites excluding steroid dienone is 4. The predicted molar refractivity (Wildman–Crippen MR) is 106 cm³/mol. The normalized spacial score (nSPS) is 10.9. The van der Waals surface area contributed by atoms with E-state index < -0.39 is 10.0 Å². The van der Waals surface area contributed by atoms with Crippen molar-refractivity contribution >= 4 is 15.7 Å². The van der Waals surface area contributed by atoms with Gasteiger partial charge in [-0.05, 0) is 38.1 Å². The number of hydrogen-bond acceptors (Lipinski definition) is 4. The molecule has 0 unspecified atom stereocenters. The first-order valence-corrected chi connectivity index (χ1v) is 9.46. The number of rotatable bonds is 7. The summed E-state index contributed by atoms with van der Waals surface area (Å²) < 4.78 is 37.4. The van der Waals surface area contributed by atoms with Crippen LogP contribution in [0.1, 0.15) is 34.1 Å². The number of nitrogens with one attached hydrogen (secondary N) is 1. The van der Waals surface area contributed by atoms with Crippen LogP contribution in [0.25, 0.3) is 0 Å². The molecule has 1 N–H and O–H groups in total. The van der Waals surface area contributed by atoms with Crippen molar-refractivity contribution in [2.24, 2.45) is 0 Å². The Balaban J connectivity index is 0.00000178. The van der Waals surface area contributed by atoms with Crippen molar-refractivity contribution in [2.45, 2.75) is 34.1 Å². The Morgan fingerprint density at radius 1 is 1.12 bits per heavy atom. The Bertz CT molecular complexity index is 715. The Morgan fingerprint density at radius 3 is 2.12 bits per heavy atom. The molecule has 0 saturated heterocycles. The molecule has 1 rings (SSSR count). The molecule has 0 radical (unpaired) electrons. The molecule has 0 spiro atoms.